The van der Waals surface area contributed by atoms with E-state index in [9.17, 15) is 9.59 Å². The van der Waals surface area contributed by atoms with Crippen LogP contribution in [-0.4, -0.2) is 37.7 Å². The second kappa shape index (κ2) is 9.26. The van der Waals surface area contributed by atoms with Gasteiger partial charge in [-0.3, -0.25) is 4.79 Å². The highest BCUT2D eigenvalue weighted by molar-refractivity contribution is 6.30. The van der Waals surface area contributed by atoms with Crippen LogP contribution in [0.3, 0.4) is 0 Å². The Morgan fingerprint density at radius 2 is 1.91 bits per heavy atom. The smallest absolute Gasteiger partial charge is 0.339 e. The van der Waals surface area contributed by atoms with Crippen LogP contribution in [0.4, 0.5) is 5.82 Å². The van der Waals surface area contributed by atoms with E-state index in [4.69, 9.17) is 25.7 Å². The molecule has 0 fully saturated rings. The molecule has 0 spiro atoms. The maximum absolute atomic E-state index is 13.2. The molecule has 0 saturated heterocycles. The van der Waals surface area contributed by atoms with Gasteiger partial charge in [-0.05, 0) is 58.9 Å². The number of hydrogen-bond acceptors (Lipinski definition) is 7. The highest BCUT2D eigenvalue weighted by Crippen LogP contribution is 2.30. The quantitative estimate of drug-likeness (QED) is 0.380. The molecule has 4 heterocycles. The molecule has 0 aliphatic rings. The van der Waals surface area contributed by atoms with E-state index >= 15 is 0 Å². The van der Waals surface area contributed by atoms with Gasteiger partial charge >= 0.3 is 5.97 Å². The molecule has 34 heavy (non-hydrogen) atoms. The van der Waals surface area contributed by atoms with Gasteiger partial charge in [-0.15, -0.1) is 0 Å². The highest BCUT2D eigenvalue weighted by atomic mass is 35.5. The Labute approximate surface area is 201 Å². The van der Waals surface area contributed by atoms with E-state index in [1.54, 1.807) is 29.1 Å². The van der Waals surface area contributed by atoms with Crippen molar-refractivity contribution >= 4 is 40.3 Å². The molecule has 0 aliphatic carbocycles. The number of nitrogens with zero attached hydrogens (tertiary/aromatic N) is 4. The molecule has 1 amide bonds. The number of halogens is 1. The molecule has 4 aromatic heterocycles. The largest absolute Gasteiger partial charge is 0.466 e. The van der Waals surface area contributed by atoms with E-state index in [1.807, 2.05) is 33.8 Å². The predicted molar refractivity (Wildman–Crippen MR) is 128 cm³/mol. The fourth-order valence-corrected chi connectivity index (χ4v) is 3.65. The molecule has 4 aromatic rings. The number of esters is 1. The predicted octanol–water partition coefficient (Wildman–Crippen LogP) is 5.12. The summed E-state index contributed by atoms with van der Waals surface area (Å²) in [6, 6.07) is 6.68. The van der Waals surface area contributed by atoms with Crippen molar-refractivity contribution in [2.75, 3.05) is 5.32 Å². The molecule has 4 rings (SSSR count). The molecule has 10 heteroatoms. The number of hydrogen-bond donors (Lipinski definition) is 1. The average molecular weight is 482 g/mol. The summed E-state index contributed by atoms with van der Waals surface area (Å²) < 4.78 is 12.9. The fourth-order valence-electron chi connectivity index (χ4n) is 3.54. The number of amides is 1. The molecule has 0 saturated carbocycles. The van der Waals surface area contributed by atoms with Crippen molar-refractivity contribution in [1.29, 1.82) is 0 Å². The zero-order valence-corrected chi connectivity index (χ0v) is 20.2. The van der Waals surface area contributed by atoms with Crippen LogP contribution in [0, 0.1) is 13.8 Å². The maximum Gasteiger partial charge on any atom is 0.339 e. The molecule has 9 nitrogen and oxygen atoms in total. The minimum Gasteiger partial charge on any atom is -0.466 e. The van der Waals surface area contributed by atoms with Gasteiger partial charge in [0.2, 0.25) is 0 Å². The van der Waals surface area contributed by atoms with Gasteiger partial charge in [-0.1, -0.05) is 11.6 Å². The average Bonchev–Trinajstić information content (AvgIpc) is 3.36. The fraction of sp³-hybridized carbons (Fsp3) is 0.292. The minimum absolute atomic E-state index is 0.0212. The Hall–Kier alpha value is -3.72. The summed E-state index contributed by atoms with van der Waals surface area (Å²) in [4.78, 5) is 34.5. The molecule has 0 bridgehead atoms. The van der Waals surface area contributed by atoms with Crippen molar-refractivity contribution in [3.05, 3.63) is 58.8 Å². The Bertz CT molecular complexity index is 1370. The van der Waals surface area contributed by atoms with Crippen LogP contribution in [-0.2, 0) is 9.53 Å². The Morgan fingerprint density at radius 3 is 2.53 bits per heavy atom. The molecule has 1 unspecified atom stereocenters. The summed E-state index contributed by atoms with van der Waals surface area (Å²) in [6.07, 6.45) is 1.92. The van der Waals surface area contributed by atoms with Crippen molar-refractivity contribution in [3.8, 4) is 11.3 Å². The number of ether oxygens (including phenoxy) is 1. The summed E-state index contributed by atoms with van der Waals surface area (Å²) in [5.74, 6) is 0.531. The lowest BCUT2D eigenvalue weighted by molar-refractivity contribution is -0.123. The molecule has 176 valence electrons. The normalized spacial score (nSPS) is 12.2. The van der Waals surface area contributed by atoms with E-state index in [0.717, 1.165) is 11.3 Å². The molecule has 0 aromatic carbocycles. The minimum atomic E-state index is -1.07. The topological polar surface area (TPSA) is 112 Å². The van der Waals surface area contributed by atoms with Gasteiger partial charge in [0.25, 0.3) is 5.91 Å². The summed E-state index contributed by atoms with van der Waals surface area (Å²) in [5, 5.41) is 7.98. The number of carbonyl (C=O) groups excluding carboxylic acids is 2. The zero-order valence-electron chi connectivity index (χ0n) is 19.4. The van der Waals surface area contributed by atoms with Gasteiger partial charge in [0.1, 0.15) is 17.3 Å². The van der Waals surface area contributed by atoms with E-state index in [0.29, 0.717) is 33.3 Å². The monoisotopic (exact) mass is 481 g/mol. The van der Waals surface area contributed by atoms with E-state index in [-0.39, 0.29) is 11.6 Å². The molecule has 0 aliphatic heterocycles. The van der Waals surface area contributed by atoms with Gasteiger partial charge in [0.05, 0.1) is 27.9 Å². The first kappa shape index (κ1) is 23.4. The van der Waals surface area contributed by atoms with Crippen molar-refractivity contribution < 1.29 is 18.7 Å². The number of furan rings is 1. The molecule has 1 atom stereocenters. The second-order valence-electron chi connectivity index (χ2n) is 8.20. The van der Waals surface area contributed by atoms with E-state index < -0.39 is 18.0 Å². The zero-order chi connectivity index (χ0) is 24.6. The lowest BCUT2D eigenvalue weighted by Crippen LogP contribution is -2.30. The van der Waals surface area contributed by atoms with Crippen LogP contribution in [0.1, 0.15) is 48.7 Å². The van der Waals surface area contributed by atoms with Crippen LogP contribution in [0.5, 0.6) is 0 Å². The number of rotatable bonds is 6. The summed E-state index contributed by atoms with van der Waals surface area (Å²) in [5.41, 5.74) is 2.12. The first-order valence-electron chi connectivity index (χ1n) is 10.7. The van der Waals surface area contributed by atoms with Gasteiger partial charge in [0.15, 0.2) is 11.8 Å². The van der Waals surface area contributed by atoms with Crippen LogP contribution < -0.4 is 5.32 Å². The summed E-state index contributed by atoms with van der Waals surface area (Å²) >= 11 is 5.82. The van der Waals surface area contributed by atoms with Crippen LogP contribution in [0.2, 0.25) is 5.02 Å². The third-order valence-corrected chi connectivity index (χ3v) is 5.45. The van der Waals surface area contributed by atoms with Gasteiger partial charge in [0, 0.05) is 17.8 Å². The molecular formula is C24H24ClN5O4. The maximum atomic E-state index is 13.2. The first-order valence-corrected chi connectivity index (χ1v) is 11.1. The van der Waals surface area contributed by atoms with E-state index in [2.05, 4.69) is 15.4 Å². The van der Waals surface area contributed by atoms with Gasteiger partial charge in [-0.25, -0.2) is 19.4 Å². The third kappa shape index (κ3) is 4.65. The highest BCUT2D eigenvalue weighted by Gasteiger charge is 2.24. The number of pyridine rings is 2. The third-order valence-electron chi connectivity index (χ3n) is 5.22. The summed E-state index contributed by atoms with van der Waals surface area (Å²) in [7, 11) is 0. The Balaban J connectivity index is 1.66. The number of aryl methyl sites for hydroxylation is 2. The van der Waals surface area contributed by atoms with Crippen molar-refractivity contribution in [1.82, 2.24) is 19.7 Å². The lowest BCUT2D eigenvalue weighted by atomic mass is 10.1. The van der Waals surface area contributed by atoms with Gasteiger partial charge < -0.3 is 14.5 Å². The van der Waals surface area contributed by atoms with Crippen molar-refractivity contribution in [3.63, 3.8) is 0 Å². The van der Waals surface area contributed by atoms with Crippen LogP contribution in [0.15, 0.2) is 41.1 Å². The first-order chi connectivity index (χ1) is 16.1. The summed E-state index contributed by atoms with van der Waals surface area (Å²) in [6.45, 7) is 9.12. The number of anilines is 1. The Kier molecular flexibility index (Phi) is 6.39. The number of nitrogens with one attached hydrogen (secondary N) is 1. The Morgan fingerprint density at radius 1 is 1.15 bits per heavy atom. The van der Waals surface area contributed by atoms with Gasteiger partial charge in [-0.2, -0.15) is 5.10 Å². The SMILES string of the molecule is Cc1cc(-c2cc(C(=O)OC(C)C(=O)Nc3ccc(Cl)cn3)c3cnn(C(C)C)c3n2)c(C)o1. The lowest BCUT2D eigenvalue weighted by Gasteiger charge is -2.14. The second-order valence-corrected chi connectivity index (χ2v) is 8.64. The van der Waals surface area contributed by atoms with Crippen LogP contribution in [0.25, 0.3) is 22.3 Å². The van der Waals surface area contributed by atoms with Crippen LogP contribution >= 0.6 is 11.6 Å². The number of carbonyl (C=O) groups is 2. The van der Waals surface area contributed by atoms with Crippen molar-refractivity contribution in [2.45, 2.75) is 46.8 Å². The number of fused-ring (bicyclic) bond motifs is 1. The number of aromatic nitrogens is 4. The molecule has 0 radical (unpaired) electrons. The van der Waals surface area contributed by atoms with E-state index in [1.165, 1.54) is 13.1 Å². The molecule has 1 N–H and O–H groups in total. The van der Waals surface area contributed by atoms with Crippen molar-refractivity contribution in [2.24, 2.45) is 0 Å². The standard InChI is InChI=1S/C24H24ClN5O4/c1-12(2)30-22-19(11-27-30)18(9-20(28-22)17-8-13(3)33-14(17)4)24(32)34-15(5)23(31)29-21-7-6-16(25)10-26-21/h6-12,15H,1-5H3,(H,26,29,31). The molecular weight excluding hydrogens is 458 g/mol.